The van der Waals surface area contributed by atoms with Gasteiger partial charge in [-0.3, -0.25) is 0 Å². The summed E-state index contributed by atoms with van der Waals surface area (Å²) >= 11 is 0. The van der Waals surface area contributed by atoms with Crippen molar-refractivity contribution >= 4 is 10.0 Å². The number of rotatable bonds is 7. The van der Waals surface area contributed by atoms with Crippen molar-refractivity contribution in [1.82, 2.24) is 14.9 Å². The number of aryl methyl sites for hydroxylation is 1. The molecule has 0 saturated carbocycles. The molecule has 26 heavy (non-hydrogen) atoms. The van der Waals surface area contributed by atoms with E-state index in [1.807, 2.05) is 25.1 Å². The van der Waals surface area contributed by atoms with Gasteiger partial charge in [-0.15, -0.1) is 10.2 Å². The number of nitrogens with one attached hydrogen (secondary N) is 1. The number of aromatic nitrogens is 2. The fraction of sp³-hybridized carbons (Fsp3) is 0.222. The molecule has 1 N–H and O–H groups in total. The lowest BCUT2D eigenvalue weighted by Crippen LogP contribution is -2.26. The second kappa shape index (κ2) is 7.67. The topological polar surface area (TPSA) is 94.3 Å². The van der Waals surface area contributed by atoms with E-state index in [4.69, 9.17) is 9.15 Å². The number of methoxy groups -OCH3 is 1. The molecule has 136 valence electrons. The normalized spacial score (nSPS) is 11.5. The van der Waals surface area contributed by atoms with Crippen molar-refractivity contribution in [2.45, 2.75) is 18.2 Å². The Bertz CT molecular complexity index is 982. The van der Waals surface area contributed by atoms with Crippen LogP contribution in [0.4, 0.5) is 0 Å². The molecule has 1 aromatic heterocycles. The lowest BCUT2D eigenvalue weighted by molar-refractivity contribution is 0.414. The summed E-state index contributed by atoms with van der Waals surface area (Å²) in [6.45, 7) is 2.06. The standard InChI is InChI=1S/C18H19N3O4S/c1-13-6-8-16(9-7-13)26(22,23)19-11-10-17-20-21-18(25-17)14-4-3-5-15(12-14)24-2/h3-9,12,19H,10-11H2,1-2H3. The average molecular weight is 373 g/mol. The maximum Gasteiger partial charge on any atom is 0.247 e. The van der Waals surface area contributed by atoms with Gasteiger partial charge in [0.15, 0.2) is 0 Å². The first-order valence-electron chi connectivity index (χ1n) is 8.01. The molecule has 3 rings (SSSR count). The monoisotopic (exact) mass is 373 g/mol. The van der Waals surface area contributed by atoms with E-state index in [9.17, 15) is 8.42 Å². The Morgan fingerprint density at radius 2 is 1.88 bits per heavy atom. The molecule has 3 aromatic rings. The zero-order chi connectivity index (χ0) is 18.6. The number of benzene rings is 2. The molecule has 0 spiro atoms. The molecule has 0 amide bonds. The van der Waals surface area contributed by atoms with Crippen molar-refractivity contribution in [3.8, 4) is 17.2 Å². The number of hydrogen-bond acceptors (Lipinski definition) is 6. The van der Waals surface area contributed by atoms with Crippen molar-refractivity contribution in [3.05, 3.63) is 60.0 Å². The third-order valence-electron chi connectivity index (χ3n) is 3.75. The van der Waals surface area contributed by atoms with Gasteiger partial charge in [0.05, 0.1) is 12.0 Å². The van der Waals surface area contributed by atoms with Crippen LogP contribution in [0.2, 0.25) is 0 Å². The maximum atomic E-state index is 12.2. The molecular weight excluding hydrogens is 354 g/mol. The summed E-state index contributed by atoms with van der Waals surface area (Å²) in [5.41, 5.74) is 1.74. The highest BCUT2D eigenvalue weighted by atomic mass is 32.2. The van der Waals surface area contributed by atoms with Crippen LogP contribution in [0.3, 0.4) is 0 Å². The van der Waals surface area contributed by atoms with Gasteiger partial charge in [0, 0.05) is 18.5 Å². The van der Waals surface area contributed by atoms with E-state index in [0.717, 1.165) is 11.1 Å². The summed E-state index contributed by atoms with van der Waals surface area (Å²) in [6.07, 6.45) is 0.294. The largest absolute Gasteiger partial charge is 0.497 e. The Morgan fingerprint density at radius 1 is 1.12 bits per heavy atom. The molecule has 2 aromatic carbocycles. The van der Waals surface area contributed by atoms with Gasteiger partial charge in [0.25, 0.3) is 0 Å². The van der Waals surface area contributed by atoms with Crippen LogP contribution in [0.5, 0.6) is 5.75 Å². The Morgan fingerprint density at radius 3 is 2.62 bits per heavy atom. The number of nitrogens with zero attached hydrogens (tertiary/aromatic N) is 2. The Balaban J connectivity index is 1.62. The van der Waals surface area contributed by atoms with Crippen molar-refractivity contribution in [2.24, 2.45) is 0 Å². The van der Waals surface area contributed by atoms with Crippen LogP contribution >= 0.6 is 0 Å². The van der Waals surface area contributed by atoms with Crippen LogP contribution in [-0.2, 0) is 16.4 Å². The summed E-state index contributed by atoms with van der Waals surface area (Å²) in [5.74, 6) is 1.41. The molecule has 0 saturated heterocycles. The molecule has 0 radical (unpaired) electrons. The molecule has 0 aliphatic carbocycles. The quantitative estimate of drug-likeness (QED) is 0.684. The molecule has 0 aliphatic heterocycles. The smallest absolute Gasteiger partial charge is 0.247 e. The van der Waals surface area contributed by atoms with Gasteiger partial charge in [0.2, 0.25) is 21.8 Å². The third-order valence-corrected chi connectivity index (χ3v) is 5.22. The first-order chi connectivity index (χ1) is 12.5. The number of ether oxygens (including phenoxy) is 1. The number of sulfonamides is 1. The van der Waals surface area contributed by atoms with E-state index in [1.165, 1.54) is 0 Å². The SMILES string of the molecule is COc1cccc(-c2nnc(CCNS(=O)(=O)c3ccc(C)cc3)o2)c1. The molecule has 0 unspecified atom stereocenters. The first kappa shape index (κ1) is 18.1. The van der Waals surface area contributed by atoms with Gasteiger partial charge >= 0.3 is 0 Å². The van der Waals surface area contributed by atoms with Gasteiger partial charge in [0.1, 0.15) is 5.75 Å². The lowest BCUT2D eigenvalue weighted by atomic mass is 10.2. The Kier molecular flexibility index (Phi) is 5.34. The predicted molar refractivity (Wildman–Crippen MR) is 96.4 cm³/mol. The van der Waals surface area contributed by atoms with E-state index in [2.05, 4.69) is 14.9 Å². The van der Waals surface area contributed by atoms with Crippen molar-refractivity contribution in [2.75, 3.05) is 13.7 Å². The highest BCUT2D eigenvalue weighted by molar-refractivity contribution is 7.89. The Hall–Kier alpha value is -2.71. The number of hydrogen-bond donors (Lipinski definition) is 1. The first-order valence-corrected chi connectivity index (χ1v) is 9.49. The highest BCUT2D eigenvalue weighted by Gasteiger charge is 2.14. The minimum Gasteiger partial charge on any atom is -0.497 e. The van der Waals surface area contributed by atoms with E-state index in [-0.39, 0.29) is 11.4 Å². The zero-order valence-corrected chi connectivity index (χ0v) is 15.3. The minimum atomic E-state index is -3.56. The van der Waals surface area contributed by atoms with Gasteiger partial charge in [-0.2, -0.15) is 0 Å². The van der Waals surface area contributed by atoms with E-state index >= 15 is 0 Å². The van der Waals surface area contributed by atoms with Crippen LogP contribution in [0.25, 0.3) is 11.5 Å². The molecule has 7 nitrogen and oxygen atoms in total. The molecule has 0 bridgehead atoms. The second-order valence-electron chi connectivity index (χ2n) is 5.69. The average Bonchev–Trinajstić information content (AvgIpc) is 3.11. The van der Waals surface area contributed by atoms with Gasteiger partial charge in [-0.25, -0.2) is 13.1 Å². The van der Waals surface area contributed by atoms with Gasteiger partial charge in [-0.1, -0.05) is 23.8 Å². The van der Waals surface area contributed by atoms with E-state index in [1.54, 1.807) is 37.4 Å². The highest BCUT2D eigenvalue weighted by Crippen LogP contribution is 2.22. The van der Waals surface area contributed by atoms with E-state index in [0.29, 0.717) is 24.0 Å². The van der Waals surface area contributed by atoms with Crippen molar-refractivity contribution in [3.63, 3.8) is 0 Å². The van der Waals surface area contributed by atoms with Gasteiger partial charge in [-0.05, 0) is 37.3 Å². The van der Waals surface area contributed by atoms with Crippen LogP contribution in [0.15, 0.2) is 57.8 Å². The van der Waals surface area contributed by atoms with Crippen LogP contribution in [0, 0.1) is 6.92 Å². The minimum absolute atomic E-state index is 0.163. The fourth-order valence-corrected chi connectivity index (χ4v) is 3.35. The third kappa shape index (κ3) is 4.27. The summed E-state index contributed by atoms with van der Waals surface area (Å²) < 4.78 is 37.8. The molecule has 0 fully saturated rings. The maximum absolute atomic E-state index is 12.2. The molecular formula is C18H19N3O4S. The van der Waals surface area contributed by atoms with E-state index < -0.39 is 10.0 Å². The van der Waals surface area contributed by atoms with Crippen LogP contribution in [-0.4, -0.2) is 32.3 Å². The summed E-state index contributed by atoms with van der Waals surface area (Å²) in [6, 6.07) is 13.9. The molecule has 0 aliphatic rings. The van der Waals surface area contributed by atoms with Crippen molar-refractivity contribution < 1.29 is 17.6 Å². The lowest BCUT2D eigenvalue weighted by Gasteiger charge is -2.05. The molecule has 1 heterocycles. The summed E-state index contributed by atoms with van der Waals surface area (Å²) in [4.78, 5) is 0.227. The second-order valence-corrected chi connectivity index (χ2v) is 7.46. The predicted octanol–water partition coefficient (Wildman–Crippen LogP) is 2.57. The molecule has 0 atom stereocenters. The zero-order valence-electron chi connectivity index (χ0n) is 14.5. The Labute approximate surface area is 152 Å². The summed E-state index contributed by atoms with van der Waals surface area (Å²) in [7, 11) is -1.98. The summed E-state index contributed by atoms with van der Waals surface area (Å²) in [5, 5.41) is 7.96. The van der Waals surface area contributed by atoms with Gasteiger partial charge < -0.3 is 9.15 Å². The molecule has 8 heteroatoms. The van der Waals surface area contributed by atoms with Crippen LogP contribution < -0.4 is 9.46 Å². The van der Waals surface area contributed by atoms with Crippen LogP contribution in [0.1, 0.15) is 11.5 Å². The fourth-order valence-electron chi connectivity index (χ4n) is 2.32. The van der Waals surface area contributed by atoms with Crippen molar-refractivity contribution in [1.29, 1.82) is 0 Å².